The lowest BCUT2D eigenvalue weighted by Crippen LogP contribution is -2.61. The van der Waals surface area contributed by atoms with E-state index in [4.69, 9.17) is 33.9 Å². The summed E-state index contributed by atoms with van der Waals surface area (Å²) in [5.74, 6) is 1.56. The Hall–Kier alpha value is -3.02. The highest BCUT2D eigenvalue weighted by atomic mass is 16.6. The SMILES string of the molecule is C=C(OC(Cc1cc(C(C)(C)C)cc(C(C)(C)C)c1)(C(=C)OC1CC(C)(C)N(C)C(C)(C)C1)C(=C)OC1CC(C)(C)N(C)C(C)(C)C1)c1cc(C(C)(C)C)c(C)c(C(C)(C)C)c1.CC. The van der Waals surface area contributed by atoms with E-state index in [2.05, 4.69) is 200 Å². The van der Waals surface area contributed by atoms with Crippen molar-refractivity contribution in [1.29, 1.82) is 0 Å². The Balaban J connectivity index is 0.00000537. The minimum atomic E-state index is -1.34. The van der Waals surface area contributed by atoms with Crippen molar-refractivity contribution in [1.82, 2.24) is 9.80 Å². The van der Waals surface area contributed by atoms with Crippen molar-refractivity contribution in [2.45, 2.75) is 253 Å². The zero-order chi connectivity index (χ0) is 49.8. The van der Waals surface area contributed by atoms with E-state index in [1.54, 1.807) is 0 Å². The molecule has 0 spiro atoms. The molecule has 0 radical (unpaired) electrons. The number of rotatable bonds is 11. The number of nitrogens with zero attached hydrogens (tertiary/aromatic N) is 2. The summed E-state index contributed by atoms with van der Waals surface area (Å²) in [5.41, 5.74) is 6.34. The second-order valence-corrected chi connectivity index (χ2v) is 26.2. The second-order valence-electron chi connectivity index (χ2n) is 26.2. The fraction of sp³-hybridized carbons (Fsp3) is 0.695. The highest BCUT2D eigenvalue weighted by Crippen LogP contribution is 2.47. The zero-order valence-electron chi connectivity index (χ0n) is 46.3. The highest BCUT2D eigenvalue weighted by Gasteiger charge is 2.51. The molecule has 5 nitrogen and oxygen atoms in total. The lowest BCUT2D eigenvalue weighted by atomic mass is 9.75. The number of hydrogen-bond donors (Lipinski definition) is 0. The Morgan fingerprint density at radius 3 is 1.14 bits per heavy atom. The summed E-state index contributed by atoms with van der Waals surface area (Å²) in [6, 6.07) is 11.6. The van der Waals surface area contributed by atoms with E-state index >= 15 is 0 Å². The maximum atomic E-state index is 7.65. The van der Waals surface area contributed by atoms with Gasteiger partial charge >= 0.3 is 0 Å². The Morgan fingerprint density at radius 2 is 0.859 bits per heavy atom. The van der Waals surface area contributed by atoms with Gasteiger partial charge in [0.25, 0.3) is 0 Å². The largest absolute Gasteiger partial charge is 0.490 e. The molecule has 0 unspecified atom stereocenters. The van der Waals surface area contributed by atoms with Gasteiger partial charge in [-0.05, 0) is 144 Å². The third kappa shape index (κ3) is 12.3. The first-order valence-electron chi connectivity index (χ1n) is 24.5. The van der Waals surface area contributed by atoms with Crippen LogP contribution in [0.4, 0.5) is 0 Å². The molecule has 0 aliphatic carbocycles. The third-order valence-corrected chi connectivity index (χ3v) is 14.9. The van der Waals surface area contributed by atoms with Gasteiger partial charge < -0.3 is 14.2 Å². The molecule has 0 N–H and O–H groups in total. The maximum absolute atomic E-state index is 7.65. The van der Waals surface area contributed by atoms with E-state index in [-0.39, 0.29) is 56.0 Å². The fourth-order valence-electron chi connectivity index (χ4n) is 10.5. The van der Waals surface area contributed by atoms with Gasteiger partial charge in [0.1, 0.15) is 29.5 Å². The molecule has 0 amide bonds. The van der Waals surface area contributed by atoms with Crippen LogP contribution in [-0.2, 0) is 42.3 Å². The van der Waals surface area contributed by atoms with Crippen LogP contribution in [0.1, 0.15) is 217 Å². The van der Waals surface area contributed by atoms with Crippen LogP contribution < -0.4 is 0 Å². The van der Waals surface area contributed by atoms with Gasteiger partial charge in [0.2, 0.25) is 5.60 Å². The van der Waals surface area contributed by atoms with Gasteiger partial charge in [-0.1, -0.05) is 135 Å². The van der Waals surface area contributed by atoms with Crippen LogP contribution in [0.5, 0.6) is 0 Å². The smallest absolute Gasteiger partial charge is 0.224 e. The minimum Gasteiger partial charge on any atom is -0.490 e. The van der Waals surface area contributed by atoms with Crippen molar-refractivity contribution in [2.24, 2.45) is 0 Å². The van der Waals surface area contributed by atoms with Crippen LogP contribution in [0.3, 0.4) is 0 Å². The van der Waals surface area contributed by atoms with Crippen molar-refractivity contribution < 1.29 is 14.2 Å². The molecule has 64 heavy (non-hydrogen) atoms. The van der Waals surface area contributed by atoms with Crippen LogP contribution in [0.2, 0.25) is 0 Å². The van der Waals surface area contributed by atoms with Gasteiger partial charge in [0, 0.05) is 59.8 Å². The molecular formula is C59H98N2O3. The molecule has 0 bridgehead atoms. The van der Waals surface area contributed by atoms with Crippen LogP contribution in [0, 0.1) is 6.92 Å². The second kappa shape index (κ2) is 18.6. The van der Waals surface area contributed by atoms with Gasteiger partial charge in [0.05, 0.1) is 0 Å². The summed E-state index contributed by atoms with van der Waals surface area (Å²) in [6.45, 7) is 66.8. The van der Waals surface area contributed by atoms with Crippen molar-refractivity contribution in [2.75, 3.05) is 14.1 Å². The Bertz CT molecular complexity index is 1840. The summed E-state index contributed by atoms with van der Waals surface area (Å²) in [6.07, 6.45) is 3.52. The molecule has 5 heteroatoms. The lowest BCUT2D eigenvalue weighted by Gasteiger charge is -2.54. The molecule has 2 heterocycles. The van der Waals surface area contributed by atoms with E-state index in [1.807, 2.05) is 13.8 Å². The average molecular weight is 883 g/mol. The van der Waals surface area contributed by atoms with E-state index in [0.717, 1.165) is 36.8 Å². The van der Waals surface area contributed by atoms with Gasteiger partial charge in [0.15, 0.2) is 0 Å². The van der Waals surface area contributed by atoms with Gasteiger partial charge in [-0.3, -0.25) is 9.80 Å². The molecule has 2 aliphatic heterocycles. The van der Waals surface area contributed by atoms with Crippen LogP contribution in [0.25, 0.3) is 5.76 Å². The molecule has 2 fully saturated rings. The van der Waals surface area contributed by atoms with Crippen LogP contribution in [-0.4, -0.2) is 63.9 Å². The van der Waals surface area contributed by atoms with Crippen molar-refractivity contribution in [3.63, 3.8) is 0 Å². The molecule has 0 atom stereocenters. The summed E-state index contributed by atoms with van der Waals surface area (Å²) in [5, 5.41) is 0. The molecule has 2 aromatic carbocycles. The molecule has 2 aromatic rings. The van der Waals surface area contributed by atoms with Crippen LogP contribution >= 0.6 is 0 Å². The lowest BCUT2D eigenvalue weighted by molar-refractivity contribution is -0.111. The third-order valence-electron chi connectivity index (χ3n) is 14.9. The number of likely N-dealkylation sites (tertiary alicyclic amines) is 2. The van der Waals surface area contributed by atoms with Crippen molar-refractivity contribution in [3.8, 4) is 0 Å². The number of hydrogen-bond acceptors (Lipinski definition) is 5. The molecular weight excluding hydrogens is 785 g/mol. The zero-order valence-corrected chi connectivity index (χ0v) is 46.3. The molecule has 2 saturated heterocycles. The van der Waals surface area contributed by atoms with E-state index in [0.29, 0.717) is 23.7 Å². The topological polar surface area (TPSA) is 34.2 Å². The fourth-order valence-corrected chi connectivity index (χ4v) is 10.5. The van der Waals surface area contributed by atoms with Crippen molar-refractivity contribution in [3.05, 3.63) is 101 Å². The van der Waals surface area contributed by atoms with E-state index < -0.39 is 5.60 Å². The Labute approximate surface area is 395 Å². The summed E-state index contributed by atoms with van der Waals surface area (Å²) >= 11 is 0. The van der Waals surface area contributed by atoms with Gasteiger partial charge in [-0.15, -0.1) is 0 Å². The van der Waals surface area contributed by atoms with E-state index in [9.17, 15) is 0 Å². The summed E-state index contributed by atoms with van der Waals surface area (Å²) in [4.78, 5) is 4.98. The Kier molecular flexibility index (Phi) is 16.1. The normalized spacial score (nSPS) is 19.9. The monoisotopic (exact) mass is 883 g/mol. The number of ether oxygens (including phenoxy) is 3. The first-order chi connectivity index (χ1) is 28.6. The standard InChI is InChI=1S/C57H92N2O3.C2H6/c1-37-47(51(11,12)13)29-42(30-48(37)52(14,15)16)38(2)62-57(39(3)60-45-33-53(17,18)58(25)54(19,20)34-45,40(4)61-46-35-55(21,22)59(26)56(23,24)36-46)32-41-27-43(49(5,6)7)31-44(28-41)50(8,9)10;1-2/h27-31,45-46H,2-4,32-36H2,1,5-26H3;1-2H3. The molecule has 2 aliphatic rings. The quantitative estimate of drug-likeness (QED) is 0.210. The maximum Gasteiger partial charge on any atom is 0.224 e. The summed E-state index contributed by atoms with van der Waals surface area (Å²) in [7, 11) is 4.47. The van der Waals surface area contributed by atoms with E-state index in [1.165, 1.54) is 27.8 Å². The first-order valence-corrected chi connectivity index (χ1v) is 24.5. The highest BCUT2D eigenvalue weighted by molar-refractivity contribution is 5.63. The van der Waals surface area contributed by atoms with Gasteiger partial charge in [-0.2, -0.15) is 0 Å². The van der Waals surface area contributed by atoms with Gasteiger partial charge in [-0.25, -0.2) is 0 Å². The molecule has 0 aromatic heterocycles. The predicted molar refractivity (Wildman–Crippen MR) is 279 cm³/mol. The van der Waals surface area contributed by atoms with Crippen LogP contribution in [0.15, 0.2) is 61.6 Å². The molecule has 0 saturated carbocycles. The number of piperidine rings is 2. The summed E-state index contributed by atoms with van der Waals surface area (Å²) < 4.78 is 22.3. The predicted octanol–water partition coefficient (Wildman–Crippen LogP) is 15.5. The molecule has 4 rings (SSSR count). The molecule has 362 valence electrons. The Morgan fingerprint density at radius 1 is 0.547 bits per heavy atom. The number of benzene rings is 2. The minimum absolute atomic E-state index is 0.0880. The van der Waals surface area contributed by atoms with Crippen molar-refractivity contribution >= 4 is 5.76 Å². The first kappa shape index (κ1) is 55.3. The average Bonchev–Trinajstić information content (AvgIpc) is 3.11.